The summed E-state index contributed by atoms with van der Waals surface area (Å²) in [6.07, 6.45) is 1.30. The number of nitrogens with zero attached hydrogens (tertiary/aromatic N) is 3. The van der Waals surface area contributed by atoms with E-state index in [2.05, 4.69) is 10.4 Å². The molecule has 168 valence electrons. The number of hydrogen-bond acceptors (Lipinski definition) is 4. The summed E-state index contributed by atoms with van der Waals surface area (Å²) in [5.74, 6) is -0.734. The fourth-order valence-electron chi connectivity index (χ4n) is 3.87. The van der Waals surface area contributed by atoms with Crippen molar-refractivity contribution in [3.05, 3.63) is 82.4 Å². The first-order valence-corrected chi connectivity index (χ1v) is 11.9. The minimum atomic E-state index is -3.69. The molecule has 3 aromatic rings. The van der Waals surface area contributed by atoms with Gasteiger partial charge in [-0.25, -0.2) is 12.8 Å². The van der Waals surface area contributed by atoms with Crippen molar-refractivity contribution in [3.8, 4) is 0 Å². The van der Waals surface area contributed by atoms with Gasteiger partial charge in [-0.15, -0.1) is 0 Å². The van der Waals surface area contributed by atoms with Crippen LogP contribution in [0, 0.1) is 5.82 Å². The highest BCUT2D eigenvalue weighted by atomic mass is 32.2. The molecule has 0 fully saturated rings. The number of aryl methyl sites for hydroxylation is 2. The predicted octanol–water partition coefficient (Wildman–Crippen LogP) is 2.80. The molecule has 1 amide bonds. The Morgan fingerprint density at radius 1 is 1.09 bits per heavy atom. The molecule has 1 aliphatic rings. The maximum absolute atomic E-state index is 13.2. The summed E-state index contributed by atoms with van der Waals surface area (Å²) in [5, 5.41) is 7.14. The average molecular weight is 457 g/mol. The van der Waals surface area contributed by atoms with Crippen molar-refractivity contribution in [2.45, 2.75) is 37.8 Å². The summed E-state index contributed by atoms with van der Waals surface area (Å²) < 4.78 is 42.5. The zero-order chi connectivity index (χ0) is 22.9. The number of benzene rings is 2. The largest absolute Gasteiger partial charge is 0.347 e. The fraction of sp³-hybridized carbons (Fsp3) is 0.304. The van der Waals surface area contributed by atoms with Gasteiger partial charge < -0.3 is 5.32 Å². The molecule has 0 atom stereocenters. The van der Waals surface area contributed by atoms with Crippen molar-refractivity contribution in [3.63, 3.8) is 0 Å². The molecular weight excluding hydrogens is 431 g/mol. The van der Waals surface area contributed by atoms with E-state index in [1.54, 1.807) is 36.0 Å². The molecule has 7 nitrogen and oxygen atoms in total. The van der Waals surface area contributed by atoms with E-state index in [-0.39, 0.29) is 29.5 Å². The van der Waals surface area contributed by atoms with Crippen LogP contribution < -0.4 is 5.32 Å². The Bertz CT molecular complexity index is 1240. The molecule has 1 N–H and O–H groups in total. The molecule has 0 aliphatic carbocycles. The molecular formula is C23H25FN4O3S. The van der Waals surface area contributed by atoms with E-state index in [1.165, 1.54) is 16.4 Å². The lowest BCUT2D eigenvalue weighted by atomic mass is 10.1. The van der Waals surface area contributed by atoms with Gasteiger partial charge in [-0.2, -0.15) is 9.40 Å². The van der Waals surface area contributed by atoms with Gasteiger partial charge in [0.1, 0.15) is 5.82 Å². The molecule has 1 aromatic heterocycles. The topological polar surface area (TPSA) is 84.3 Å². The number of sulfonamides is 1. The first kappa shape index (κ1) is 22.2. The molecule has 0 bridgehead atoms. The Morgan fingerprint density at radius 3 is 2.41 bits per heavy atom. The number of carbonyl (C=O) groups excluding carboxylic acids is 1. The number of fused-ring (bicyclic) bond motifs is 1. The Labute approximate surface area is 186 Å². The summed E-state index contributed by atoms with van der Waals surface area (Å²) in [6, 6.07) is 12.8. The Morgan fingerprint density at radius 2 is 1.75 bits per heavy atom. The van der Waals surface area contributed by atoms with Gasteiger partial charge in [-0.1, -0.05) is 31.2 Å². The third-order valence-corrected chi connectivity index (χ3v) is 7.62. The summed E-state index contributed by atoms with van der Waals surface area (Å²) in [5.41, 5.74) is 3.50. The van der Waals surface area contributed by atoms with E-state index >= 15 is 0 Å². The number of hydrogen-bond donors (Lipinski definition) is 1. The Kier molecular flexibility index (Phi) is 6.12. The second-order valence-electron chi connectivity index (χ2n) is 7.79. The van der Waals surface area contributed by atoms with E-state index in [9.17, 15) is 17.6 Å². The first-order chi connectivity index (χ1) is 15.3. The van der Waals surface area contributed by atoms with Crippen LogP contribution in [0.4, 0.5) is 4.39 Å². The predicted molar refractivity (Wildman–Crippen MR) is 118 cm³/mol. The third kappa shape index (κ3) is 4.31. The zero-order valence-electron chi connectivity index (χ0n) is 18.0. The van der Waals surface area contributed by atoms with Crippen molar-refractivity contribution >= 4 is 15.9 Å². The molecule has 0 unspecified atom stereocenters. The lowest BCUT2D eigenvalue weighted by Crippen LogP contribution is -2.37. The van der Waals surface area contributed by atoms with E-state index in [0.29, 0.717) is 18.5 Å². The van der Waals surface area contributed by atoms with E-state index < -0.39 is 15.9 Å². The van der Waals surface area contributed by atoms with Gasteiger partial charge in [0, 0.05) is 44.4 Å². The van der Waals surface area contributed by atoms with E-state index in [1.807, 2.05) is 19.1 Å². The average Bonchev–Trinajstić information content (AvgIpc) is 3.14. The fourth-order valence-corrected chi connectivity index (χ4v) is 5.28. The number of aromatic nitrogens is 2. The molecule has 0 saturated heterocycles. The smallest absolute Gasteiger partial charge is 0.272 e. The van der Waals surface area contributed by atoms with Crippen LogP contribution in [0.15, 0.2) is 53.4 Å². The van der Waals surface area contributed by atoms with Crippen LogP contribution in [-0.4, -0.2) is 35.0 Å². The molecule has 0 radical (unpaired) electrons. The molecule has 4 rings (SSSR count). The van der Waals surface area contributed by atoms with Crippen molar-refractivity contribution in [2.75, 3.05) is 6.54 Å². The highest BCUT2D eigenvalue weighted by Crippen LogP contribution is 2.27. The standard InChI is InChI=1S/C23H25FN4O3S/c1-3-16-6-10-19(11-7-16)32(30,31)28-13-12-21-20(15-28)22(26-27(21)2)23(29)25-14-17-4-8-18(24)9-5-17/h4-11H,3,12-15H2,1-2H3,(H,25,29). The molecule has 2 heterocycles. The molecule has 1 aliphatic heterocycles. The van der Waals surface area contributed by atoms with Crippen molar-refractivity contribution in [1.82, 2.24) is 19.4 Å². The van der Waals surface area contributed by atoms with Crippen molar-refractivity contribution < 1.29 is 17.6 Å². The van der Waals surface area contributed by atoms with Gasteiger partial charge in [0.2, 0.25) is 10.0 Å². The summed E-state index contributed by atoms with van der Waals surface area (Å²) in [4.78, 5) is 13.1. The Hall–Kier alpha value is -3.04. The normalized spacial score (nSPS) is 14.2. The minimum Gasteiger partial charge on any atom is -0.347 e. The van der Waals surface area contributed by atoms with Gasteiger partial charge in [-0.3, -0.25) is 9.48 Å². The zero-order valence-corrected chi connectivity index (χ0v) is 18.8. The van der Waals surface area contributed by atoms with Gasteiger partial charge in [0.25, 0.3) is 5.91 Å². The second kappa shape index (κ2) is 8.84. The summed E-state index contributed by atoms with van der Waals surface area (Å²) in [6.45, 7) is 2.64. The molecule has 9 heteroatoms. The number of nitrogens with one attached hydrogen (secondary N) is 1. The quantitative estimate of drug-likeness (QED) is 0.618. The second-order valence-corrected chi connectivity index (χ2v) is 9.73. The van der Waals surface area contributed by atoms with Crippen LogP contribution in [0.3, 0.4) is 0 Å². The maximum atomic E-state index is 13.2. The van der Waals surface area contributed by atoms with Crippen molar-refractivity contribution in [2.24, 2.45) is 7.05 Å². The third-order valence-electron chi connectivity index (χ3n) is 5.76. The van der Waals surface area contributed by atoms with Crippen LogP contribution in [0.5, 0.6) is 0 Å². The molecule has 32 heavy (non-hydrogen) atoms. The van der Waals surface area contributed by atoms with Crippen LogP contribution >= 0.6 is 0 Å². The number of rotatable bonds is 6. The number of amides is 1. The van der Waals surface area contributed by atoms with Crippen LogP contribution in [0.1, 0.15) is 39.8 Å². The van der Waals surface area contributed by atoms with Crippen LogP contribution in [-0.2, 0) is 43.0 Å². The maximum Gasteiger partial charge on any atom is 0.272 e. The van der Waals surface area contributed by atoms with Gasteiger partial charge in [-0.05, 0) is 41.8 Å². The number of halogens is 1. The number of carbonyl (C=O) groups is 1. The van der Waals surface area contributed by atoms with Gasteiger partial charge in [0.05, 0.1) is 4.90 Å². The van der Waals surface area contributed by atoms with Crippen molar-refractivity contribution in [1.29, 1.82) is 0 Å². The summed E-state index contributed by atoms with van der Waals surface area (Å²) >= 11 is 0. The van der Waals surface area contributed by atoms with Gasteiger partial charge >= 0.3 is 0 Å². The molecule has 0 spiro atoms. The SMILES string of the molecule is CCc1ccc(S(=O)(=O)N2CCc3c(c(C(=O)NCc4ccc(F)cc4)nn3C)C2)cc1. The lowest BCUT2D eigenvalue weighted by molar-refractivity contribution is 0.0943. The molecule has 0 saturated carbocycles. The highest BCUT2D eigenvalue weighted by Gasteiger charge is 2.33. The van der Waals surface area contributed by atoms with Crippen LogP contribution in [0.25, 0.3) is 0 Å². The first-order valence-electron chi connectivity index (χ1n) is 10.5. The van der Waals surface area contributed by atoms with Gasteiger partial charge in [0.15, 0.2) is 5.69 Å². The van der Waals surface area contributed by atoms with Crippen LogP contribution in [0.2, 0.25) is 0 Å². The van der Waals surface area contributed by atoms with E-state index in [0.717, 1.165) is 23.2 Å². The highest BCUT2D eigenvalue weighted by molar-refractivity contribution is 7.89. The summed E-state index contributed by atoms with van der Waals surface area (Å²) in [7, 11) is -1.94. The monoisotopic (exact) mass is 456 g/mol. The molecule has 2 aromatic carbocycles. The van der Waals surface area contributed by atoms with E-state index in [4.69, 9.17) is 0 Å². The minimum absolute atomic E-state index is 0.0837. The Balaban J connectivity index is 1.54. The lowest BCUT2D eigenvalue weighted by Gasteiger charge is -2.27.